The minimum absolute atomic E-state index is 0.0539. The summed E-state index contributed by atoms with van der Waals surface area (Å²) < 4.78 is 0.967. The zero-order chi connectivity index (χ0) is 13.4. The van der Waals surface area contributed by atoms with Crippen molar-refractivity contribution in [2.45, 2.75) is 6.92 Å². The number of aryl methyl sites for hydroxylation is 1. The molecule has 2 nitrogen and oxygen atoms in total. The van der Waals surface area contributed by atoms with E-state index in [0.29, 0.717) is 5.56 Å². The zero-order valence-electron chi connectivity index (χ0n) is 10.2. The van der Waals surface area contributed by atoms with E-state index in [4.69, 9.17) is 0 Å². The largest absolute Gasteiger partial charge is 0.288 e. The lowest BCUT2D eigenvalue weighted by Gasteiger charge is -2.02. The number of benzene rings is 1. The molecule has 0 bridgehead atoms. The van der Waals surface area contributed by atoms with Crippen LogP contribution < -0.4 is 0 Å². The molecule has 0 aliphatic rings. The molecule has 2 aromatic heterocycles. The van der Waals surface area contributed by atoms with Gasteiger partial charge in [0.2, 0.25) is 5.78 Å². The molecule has 2 heterocycles. The summed E-state index contributed by atoms with van der Waals surface area (Å²) in [6.45, 7) is 1.96. The third kappa shape index (κ3) is 2.46. The van der Waals surface area contributed by atoms with Gasteiger partial charge in [0.25, 0.3) is 0 Å². The van der Waals surface area contributed by atoms with E-state index < -0.39 is 0 Å². The molecule has 0 N–H and O–H groups in total. The molecule has 0 aliphatic heterocycles. The first-order valence-corrected chi connectivity index (χ1v) is 7.42. The number of nitrogens with zero attached hydrogens (tertiary/aromatic N) is 1. The molecule has 0 radical (unpaired) electrons. The van der Waals surface area contributed by atoms with E-state index in [1.54, 1.807) is 0 Å². The maximum Gasteiger partial charge on any atom is 0.203 e. The van der Waals surface area contributed by atoms with Crippen molar-refractivity contribution < 1.29 is 4.79 Å². The molecule has 0 aliphatic carbocycles. The van der Waals surface area contributed by atoms with Gasteiger partial charge in [0.05, 0.1) is 14.2 Å². The highest BCUT2D eigenvalue weighted by atomic mass is 79.9. The van der Waals surface area contributed by atoms with Crippen molar-refractivity contribution in [3.63, 3.8) is 0 Å². The fourth-order valence-corrected chi connectivity index (χ4v) is 3.30. The number of hydrogen-bond donors (Lipinski definition) is 0. The Hall–Kier alpha value is -1.52. The highest BCUT2D eigenvalue weighted by Crippen LogP contribution is 2.25. The summed E-state index contributed by atoms with van der Waals surface area (Å²) in [4.78, 5) is 17.5. The van der Waals surface area contributed by atoms with Gasteiger partial charge in [-0.2, -0.15) is 0 Å². The Bertz CT molecular complexity index is 779. The maximum absolute atomic E-state index is 12.3. The number of carbonyl (C=O) groups excluding carboxylic acids is 1. The second-order valence-electron chi connectivity index (χ2n) is 4.29. The topological polar surface area (TPSA) is 30.0 Å². The third-order valence-corrected chi connectivity index (χ3v) is 4.51. The minimum atomic E-state index is 0.0539. The van der Waals surface area contributed by atoms with Crippen LogP contribution >= 0.6 is 27.3 Å². The lowest BCUT2D eigenvalue weighted by molar-refractivity contribution is 0.104. The molecule has 94 valence electrons. The number of aromatic nitrogens is 1. The average molecular weight is 332 g/mol. The Morgan fingerprint density at radius 3 is 2.74 bits per heavy atom. The Morgan fingerprint density at radius 1 is 1.16 bits per heavy atom. The van der Waals surface area contributed by atoms with Crippen LogP contribution in [0.25, 0.3) is 10.9 Å². The lowest BCUT2D eigenvalue weighted by Crippen LogP contribution is -1.98. The second kappa shape index (κ2) is 4.87. The molecule has 0 fully saturated rings. The summed E-state index contributed by atoms with van der Waals surface area (Å²) >= 11 is 4.83. The van der Waals surface area contributed by atoms with Crippen LogP contribution in [0.5, 0.6) is 0 Å². The number of hydrogen-bond acceptors (Lipinski definition) is 3. The molecule has 0 amide bonds. The van der Waals surface area contributed by atoms with E-state index >= 15 is 0 Å². The number of ketones is 1. The smallest absolute Gasteiger partial charge is 0.203 e. The van der Waals surface area contributed by atoms with E-state index in [-0.39, 0.29) is 5.78 Å². The van der Waals surface area contributed by atoms with Crippen molar-refractivity contribution in [1.29, 1.82) is 0 Å². The number of halogens is 1. The molecule has 3 aromatic rings. The number of pyridine rings is 1. The summed E-state index contributed by atoms with van der Waals surface area (Å²) in [6, 6.07) is 13.3. The quantitative estimate of drug-likeness (QED) is 0.642. The van der Waals surface area contributed by atoms with E-state index in [0.717, 1.165) is 25.3 Å². The van der Waals surface area contributed by atoms with Crippen LogP contribution in [0.4, 0.5) is 0 Å². The van der Waals surface area contributed by atoms with Gasteiger partial charge in [0.1, 0.15) is 0 Å². The zero-order valence-corrected chi connectivity index (χ0v) is 12.6. The van der Waals surface area contributed by atoms with Crippen LogP contribution in [-0.2, 0) is 0 Å². The van der Waals surface area contributed by atoms with Crippen molar-refractivity contribution >= 4 is 44.0 Å². The van der Waals surface area contributed by atoms with E-state index in [2.05, 4.69) is 20.9 Å². The van der Waals surface area contributed by atoms with Crippen LogP contribution in [0.15, 0.2) is 46.3 Å². The number of rotatable bonds is 2. The number of thiophene rings is 1. The molecule has 19 heavy (non-hydrogen) atoms. The van der Waals surface area contributed by atoms with Gasteiger partial charge in [-0.3, -0.25) is 9.78 Å². The van der Waals surface area contributed by atoms with E-state index in [1.807, 2.05) is 49.4 Å². The second-order valence-corrected chi connectivity index (χ2v) is 6.76. The van der Waals surface area contributed by atoms with Crippen LogP contribution in [0.2, 0.25) is 0 Å². The summed E-state index contributed by atoms with van der Waals surface area (Å²) in [5.74, 6) is 0.0539. The van der Waals surface area contributed by atoms with Gasteiger partial charge in [-0.25, -0.2) is 0 Å². The van der Waals surface area contributed by atoms with Crippen molar-refractivity contribution in [2.24, 2.45) is 0 Å². The molecular weight excluding hydrogens is 322 g/mol. The normalized spacial score (nSPS) is 10.8. The standard InChI is InChI=1S/C15H10BrNOS/c1-9-2-3-10-8-11(4-5-12(10)17-9)15(18)13-6-7-14(16)19-13/h2-8H,1H3. The molecule has 0 atom stereocenters. The highest BCUT2D eigenvalue weighted by molar-refractivity contribution is 9.11. The van der Waals surface area contributed by atoms with E-state index in [1.165, 1.54) is 11.3 Å². The van der Waals surface area contributed by atoms with Gasteiger partial charge in [-0.1, -0.05) is 6.07 Å². The monoisotopic (exact) mass is 331 g/mol. The molecular formula is C15H10BrNOS. The number of carbonyl (C=O) groups is 1. The Labute approximate surface area is 123 Å². The first kappa shape index (κ1) is 12.5. The fraction of sp³-hybridized carbons (Fsp3) is 0.0667. The summed E-state index contributed by atoms with van der Waals surface area (Å²) in [5, 5.41) is 0.993. The number of fused-ring (bicyclic) bond motifs is 1. The molecule has 1 aromatic carbocycles. The minimum Gasteiger partial charge on any atom is -0.288 e. The van der Waals surface area contributed by atoms with Gasteiger partial charge < -0.3 is 0 Å². The molecule has 0 saturated heterocycles. The van der Waals surface area contributed by atoms with Crippen LogP contribution in [0, 0.1) is 6.92 Å². The summed E-state index contributed by atoms with van der Waals surface area (Å²) in [7, 11) is 0. The predicted molar refractivity (Wildman–Crippen MR) is 81.9 cm³/mol. The van der Waals surface area contributed by atoms with Crippen LogP contribution in [0.3, 0.4) is 0 Å². The molecule has 0 spiro atoms. The first-order valence-electron chi connectivity index (χ1n) is 5.81. The lowest BCUT2D eigenvalue weighted by atomic mass is 10.1. The van der Waals surface area contributed by atoms with Gasteiger partial charge in [0.15, 0.2) is 0 Å². The summed E-state index contributed by atoms with van der Waals surface area (Å²) in [5.41, 5.74) is 2.60. The predicted octanol–water partition coefficient (Wildman–Crippen LogP) is 4.60. The van der Waals surface area contributed by atoms with Gasteiger partial charge in [0, 0.05) is 16.6 Å². The van der Waals surface area contributed by atoms with Gasteiger partial charge in [-0.15, -0.1) is 11.3 Å². The Morgan fingerprint density at radius 2 is 2.00 bits per heavy atom. The average Bonchev–Trinajstić information content (AvgIpc) is 2.84. The SMILES string of the molecule is Cc1ccc2cc(C(=O)c3ccc(Br)s3)ccc2n1. The van der Waals surface area contributed by atoms with Crippen LogP contribution in [-0.4, -0.2) is 10.8 Å². The molecule has 0 saturated carbocycles. The molecule has 4 heteroatoms. The molecule has 0 unspecified atom stereocenters. The summed E-state index contributed by atoms with van der Waals surface area (Å²) in [6.07, 6.45) is 0. The van der Waals surface area contributed by atoms with Crippen LogP contribution in [0.1, 0.15) is 20.9 Å². The fourth-order valence-electron chi connectivity index (χ4n) is 1.95. The maximum atomic E-state index is 12.3. The Balaban J connectivity index is 2.06. The third-order valence-electron chi connectivity index (χ3n) is 2.89. The first-order chi connectivity index (χ1) is 9.13. The van der Waals surface area contributed by atoms with Crippen molar-refractivity contribution in [3.8, 4) is 0 Å². The molecule has 3 rings (SSSR count). The van der Waals surface area contributed by atoms with Crippen molar-refractivity contribution in [2.75, 3.05) is 0 Å². The highest BCUT2D eigenvalue weighted by Gasteiger charge is 2.12. The van der Waals surface area contributed by atoms with Crippen molar-refractivity contribution in [3.05, 3.63) is 62.4 Å². The van der Waals surface area contributed by atoms with E-state index in [9.17, 15) is 4.79 Å². The Kier molecular flexibility index (Phi) is 3.21. The van der Waals surface area contributed by atoms with Gasteiger partial charge >= 0.3 is 0 Å². The van der Waals surface area contributed by atoms with Gasteiger partial charge in [-0.05, 0) is 59.3 Å². The van der Waals surface area contributed by atoms with Crippen molar-refractivity contribution in [1.82, 2.24) is 4.98 Å².